The standard InChI is InChI=1S/C51H78O10/c1-3-5-7-9-11-13-15-17-19-21-22-24-26-28-30-32-34-36-38-40-47(54)60-44(43-59-51-50(57)49(56)48(55)45(41-52)61-51)42-58-46(53)39-37-35-33-31-29-27-25-23-20-18-16-14-12-10-8-6-4-2/h5-8,11-14,17-20,22,24-25,27-28,30-31,33,44-45,48-52,55-57H,3-4,9-10,15-16,21,23,26,29,32,34-43H2,1-2H3/b7-5-,8-6-,13-11-,14-12-,19-17-,20-18-,24-22-,27-25-,30-28-,33-31-. The lowest BCUT2D eigenvalue weighted by Crippen LogP contribution is -2.59. The number of unbranched alkanes of at least 4 members (excludes halogenated alkanes) is 4. The van der Waals surface area contributed by atoms with Crippen molar-refractivity contribution in [1.82, 2.24) is 0 Å². The van der Waals surface area contributed by atoms with E-state index in [2.05, 4.69) is 129 Å². The minimum absolute atomic E-state index is 0.170. The first-order chi connectivity index (χ1) is 29.8. The summed E-state index contributed by atoms with van der Waals surface area (Å²) in [5, 5.41) is 40.1. The van der Waals surface area contributed by atoms with Gasteiger partial charge in [-0.15, -0.1) is 0 Å². The summed E-state index contributed by atoms with van der Waals surface area (Å²) in [7, 11) is 0. The molecule has 1 aliphatic rings. The van der Waals surface area contributed by atoms with E-state index in [1.165, 1.54) is 0 Å². The molecular weight excluding hydrogens is 773 g/mol. The summed E-state index contributed by atoms with van der Waals surface area (Å²) >= 11 is 0. The molecule has 0 aromatic rings. The largest absolute Gasteiger partial charge is 0.462 e. The van der Waals surface area contributed by atoms with Crippen molar-refractivity contribution >= 4 is 11.9 Å². The van der Waals surface area contributed by atoms with Crippen molar-refractivity contribution in [2.75, 3.05) is 19.8 Å². The van der Waals surface area contributed by atoms with Crippen LogP contribution in [0.15, 0.2) is 122 Å². The number of ether oxygens (including phenoxy) is 4. The first-order valence-corrected chi connectivity index (χ1v) is 22.6. The van der Waals surface area contributed by atoms with Gasteiger partial charge in [-0.2, -0.15) is 0 Å². The van der Waals surface area contributed by atoms with E-state index in [1.54, 1.807) is 0 Å². The molecule has 1 fully saturated rings. The number of esters is 2. The predicted molar refractivity (Wildman–Crippen MR) is 246 cm³/mol. The van der Waals surface area contributed by atoms with Gasteiger partial charge in [0.15, 0.2) is 12.4 Å². The number of hydrogen-bond acceptors (Lipinski definition) is 10. The smallest absolute Gasteiger partial charge is 0.306 e. The third-order valence-electron chi connectivity index (χ3n) is 9.34. The molecule has 1 rings (SSSR count). The van der Waals surface area contributed by atoms with E-state index in [1.807, 2.05) is 6.08 Å². The molecule has 1 aliphatic heterocycles. The zero-order valence-corrected chi connectivity index (χ0v) is 37.1. The maximum Gasteiger partial charge on any atom is 0.306 e. The van der Waals surface area contributed by atoms with E-state index in [0.717, 1.165) is 83.5 Å². The molecule has 61 heavy (non-hydrogen) atoms. The number of carbonyl (C=O) groups excluding carboxylic acids is 2. The Morgan fingerprint density at radius 1 is 0.508 bits per heavy atom. The maximum atomic E-state index is 12.8. The van der Waals surface area contributed by atoms with Crippen LogP contribution in [-0.2, 0) is 28.5 Å². The van der Waals surface area contributed by atoms with Gasteiger partial charge in [0, 0.05) is 12.8 Å². The van der Waals surface area contributed by atoms with E-state index in [9.17, 15) is 30.0 Å². The van der Waals surface area contributed by atoms with Crippen molar-refractivity contribution in [3.8, 4) is 0 Å². The second-order valence-electron chi connectivity index (χ2n) is 14.7. The quantitative estimate of drug-likeness (QED) is 0.0276. The molecule has 10 heteroatoms. The number of allylic oxidation sites excluding steroid dienone is 20. The number of aliphatic hydroxyl groups is 4. The first kappa shape index (κ1) is 55.1. The van der Waals surface area contributed by atoms with Gasteiger partial charge >= 0.3 is 11.9 Å². The summed E-state index contributed by atoms with van der Waals surface area (Å²) in [5.41, 5.74) is 0. The van der Waals surface area contributed by atoms with Crippen molar-refractivity contribution in [3.63, 3.8) is 0 Å². The topological polar surface area (TPSA) is 152 Å². The number of carbonyl (C=O) groups is 2. The highest BCUT2D eigenvalue weighted by atomic mass is 16.7. The summed E-state index contributed by atoms with van der Waals surface area (Å²) in [6.07, 6.45) is 49.2. The molecule has 4 N–H and O–H groups in total. The Morgan fingerprint density at radius 2 is 0.934 bits per heavy atom. The Kier molecular flexibility index (Phi) is 36.3. The highest BCUT2D eigenvalue weighted by Gasteiger charge is 2.44. The lowest BCUT2D eigenvalue weighted by Gasteiger charge is -2.39. The normalized spacial score (nSPS) is 20.9. The summed E-state index contributed by atoms with van der Waals surface area (Å²) in [6, 6.07) is 0. The van der Waals surface area contributed by atoms with E-state index >= 15 is 0 Å². The minimum atomic E-state index is -1.62. The Hall–Kier alpha value is -3.90. The number of rotatable bonds is 35. The second-order valence-corrected chi connectivity index (χ2v) is 14.7. The average molecular weight is 851 g/mol. The van der Waals surface area contributed by atoms with Gasteiger partial charge in [0.05, 0.1) is 13.2 Å². The molecule has 0 radical (unpaired) electrons. The molecule has 0 spiro atoms. The Labute approximate surface area is 367 Å². The van der Waals surface area contributed by atoms with Crippen LogP contribution in [0, 0.1) is 0 Å². The molecule has 0 aromatic carbocycles. The van der Waals surface area contributed by atoms with Gasteiger partial charge in [-0.25, -0.2) is 0 Å². The van der Waals surface area contributed by atoms with Crippen LogP contribution in [0.3, 0.4) is 0 Å². The summed E-state index contributed by atoms with van der Waals surface area (Å²) in [6.45, 7) is 3.07. The van der Waals surface area contributed by atoms with Crippen LogP contribution in [0.4, 0.5) is 0 Å². The van der Waals surface area contributed by atoms with Gasteiger partial charge < -0.3 is 39.4 Å². The van der Waals surface area contributed by atoms with Gasteiger partial charge in [-0.3, -0.25) is 9.59 Å². The van der Waals surface area contributed by atoms with E-state index in [0.29, 0.717) is 19.3 Å². The molecule has 10 nitrogen and oxygen atoms in total. The Balaban J connectivity index is 2.42. The fourth-order valence-electron chi connectivity index (χ4n) is 5.84. The molecular formula is C51H78O10. The first-order valence-electron chi connectivity index (χ1n) is 22.6. The van der Waals surface area contributed by atoms with Crippen molar-refractivity contribution in [2.24, 2.45) is 0 Å². The van der Waals surface area contributed by atoms with Gasteiger partial charge in [0.25, 0.3) is 0 Å². The van der Waals surface area contributed by atoms with Crippen LogP contribution in [0.5, 0.6) is 0 Å². The van der Waals surface area contributed by atoms with Crippen LogP contribution in [0.25, 0.3) is 0 Å². The fourth-order valence-corrected chi connectivity index (χ4v) is 5.84. The molecule has 6 atom stereocenters. The highest BCUT2D eigenvalue weighted by Crippen LogP contribution is 2.22. The molecule has 6 unspecified atom stereocenters. The van der Waals surface area contributed by atoms with Crippen LogP contribution in [-0.4, -0.2) is 89.0 Å². The molecule has 0 aliphatic carbocycles. The third-order valence-corrected chi connectivity index (χ3v) is 9.34. The van der Waals surface area contributed by atoms with E-state index in [4.69, 9.17) is 18.9 Å². The van der Waals surface area contributed by atoms with E-state index < -0.39 is 55.4 Å². The third kappa shape index (κ3) is 31.6. The molecule has 1 saturated heterocycles. The van der Waals surface area contributed by atoms with Crippen LogP contribution in [0.2, 0.25) is 0 Å². The SMILES string of the molecule is CC/C=C\C/C=C\C/C=C\C/C=C\C/C=C\CCCCCC(=O)OC(COC(=O)CCC/C=C\C/C=C\C/C=C\C/C=C\C/C=C\CC)COC1OC(CO)C(O)C(O)C1O. The van der Waals surface area contributed by atoms with Crippen LogP contribution < -0.4 is 0 Å². The average Bonchev–Trinajstić information content (AvgIpc) is 3.26. The minimum Gasteiger partial charge on any atom is -0.462 e. The summed E-state index contributed by atoms with van der Waals surface area (Å²) < 4.78 is 22.1. The van der Waals surface area contributed by atoms with Gasteiger partial charge in [-0.05, 0) is 96.3 Å². The van der Waals surface area contributed by atoms with Gasteiger partial charge in [0.1, 0.15) is 31.0 Å². The summed E-state index contributed by atoms with van der Waals surface area (Å²) in [5.74, 6) is -0.928. The molecule has 0 aromatic heterocycles. The molecule has 342 valence electrons. The van der Waals surface area contributed by atoms with Crippen molar-refractivity contribution < 1.29 is 49.0 Å². The number of aliphatic hydroxyl groups excluding tert-OH is 4. The lowest BCUT2D eigenvalue weighted by molar-refractivity contribution is -0.305. The monoisotopic (exact) mass is 851 g/mol. The number of hydrogen-bond donors (Lipinski definition) is 4. The fraction of sp³-hybridized carbons (Fsp3) is 0.569. The maximum absolute atomic E-state index is 12.8. The zero-order valence-electron chi connectivity index (χ0n) is 37.1. The van der Waals surface area contributed by atoms with Crippen molar-refractivity contribution in [3.05, 3.63) is 122 Å². The molecule has 0 amide bonds. The van der Waals surface area contributed by atoms with Crippen LogP contribution in [0.1, 0.15) is 129 Å². The highest BCUT2D eigenvalue weighted by molar-refractivity contribution is 5.70. The second kappa shape index (κ2) is 40.2. The molecule has 0 saturated carbocycles. The molecule has 0 bridgehead atoms. The Bertz CT molecular complexity index is 1400. The van der Waals surface area contributed by atoms with Crippen molar-refractivity contribution in [1.29, 1.82) is 0 Å². The summed E-state index contributed by atoms with van der Waals surface area (Å²) in [4.78, 5) is 25.3. The molecule has 1 heterocycles. The Morgan fingerprint density at radius 3 is 1.39 bits per heavy atom. The van der Waals surface area contributed by atoms with Gasteiger partial charge in [-0.1, -0.05) is 142 Å². The zero-order chi connectivity index (χ0) is 44.4. The van der Waals surface area contributed by atoms with E-state index in [-0.39, 0.29) is 26.1 Å². The van der Waals surface area contributed by atoms with Gasteiger partial charge in [0.2, 0.25) is 0 Å². The van der Waals surface area contributed by atoms with Crippen LogP contribution >= 0.6 is 0 Å². The predicted octanol–water partition coefficient (Wildman–Crippen LogP) is 9.88. The lowest BCUT2D eigenvalue weighted by atomic mass is 9.99. The van der Waals surface area contributed by atoms with Crippen molar-refractivity contribution in [2.45, 2.75) is 166 Å².